The van der Waals surface area contributed by atoms with Gasteiger partial charge in [0, 0.05) is 11.3 Å². The Kier molecular flexibility index (Phi) is 4.63. The third-order valence-electron chi connectivity index (χ3n) is 3.89. The maximum Gasteiger partial charge on any atom is 0.173 e. The van der Waals surface area contributed by atoms with Crippen LogP contribution in [0.2, 0.25) is 0 Å². The number of nitrogens with zero attached hydrogens (tertiary/aromatic N) is 1. The van der Waals surface area contributed by atoms with Crippen LogP contribution in [0.15, 0.2) is 28.8 Å². The second-order valence-electron chi connectivity index (χ2n) is 5.56. The molecule has 23 heavy (non-hydrogen) atoms. The molecule has 0 unspecified atom stereocenters. The molecule has 1 aromatic carbocycles. The van der Waals surface area contributed by atoms with E-state index in [4.69, 9.17) is 9.26 Å². The summed E-state index contributed by atoms with van der Waals surface area (Å²) < 4.78 is 11.1. The molecule has 0 radical (unpaired) electrons. The summed E-state index contributed by atoms with van der Waals surface area (Å²) in [6.45, 7) is 3.68. The van der Waals surface area contributed by atoms with Crippen LogP contribution in [-0.2, 0) is 0 Å². The minimum atomic E-state index is -1.22. The van der Waals surface area contributed by atoms with E-state index in [1.165, 1.54) is 11.8 Å². The Morgan fingerprint density at radius 1 is 1.17 bits per heavy atom. The quantitative estimate of drug-likeness (QED) is 0.781. The monoisotopic (exact) mass is 337 g/mol. The minimum absolute atomic E-state index is 0.302. The smallest absolute Gasteiger partial charge is 0.173 e. The number of aliphatic hydroxyl groups is 3. The molecule has 0 saturated carbocycles. The molecule has 1 aliphatic rings. The predicted octanol–water partition coefficient (Wildman–Crippen LogP) is 1.49. The molecule has 3 rings (SSSR count). The molecule has 6 nitrogen and oxygen atoms in total. The molecule has 0 aliphatic carbocycles. The van der Waals surface area contributed by atoms with Gasteiger partial charge >= 0.3 is 0 Å². The van der Waals surface area contributed by atoms with Gasteiger partial charge in [-0.3, -0.25) is 0 Å². The maximum absolute atomic E-state index is 10.1. The SMILES string of the molecule is Cc1noc(C)c1-c1ccccc1O[C@H]1SC[C@@H](O)[C@H](O)[C@H]1O. The molecule has 0 spiro atoms. The van der Waals surface area contributed by atoms with E-state index >= 15 is 0 Å². The summed E-state index contributed by atoms with van der Waals surface area (Å²) >= 11 is 1.27. The van der Waals surface area contributed by atoms with Crippen LogP contribution < -0.4 is 4.74 Å². The van der Waals surface area contributed by atoms with E-state index in [1.807, 2.05) is 32.0 Å². The molecule has 124 valence electrons. The van der Waals surface area contributed by atoms with Gasteiger partial charge in [-0.1, -0.05) is 23.4 Å². The van der Waals surface area contributed by atoms with E-state index in [1.54, 1.807) is 6.07 Å². The lowest BCUT2D eigenvalue weighted by atomic mass is 10.0. The second kappa shape index (κ2) is 6.52. The highest BCUT2D eigenvalue weighted by atomic mass is 32.2. The lowest BCUT2D eigenvalue weighted by molar-refractivity contribution is -0.0785. The van der Waals surface area contributed by atoms with E-state index < -0.39 is 23.7 Å². The van der Waals surface area contributed by atoms with Crippen LogP contribution in [0.1, 0.15) is 11.5 Å². The average Bonchev–Trinajstić information content (AvgIpc) is 2.87. The Morgan fingerprint density at radius 2 is 1.91 bits per heavy atom. The summed E-state index contributed by atoms with van der Waals surface area (Å²) in [5, 5.41) is 33.5. The van der Waals surface area contributed by atoms with E-state index in [0.29, 0.717) is 17.3 Å². The fourth-order valence-corrected chi connectivity index (χ4v) is 3.77. The Morgan fingerprint density at radius 3 is 2.61 bits per heavy atom. The first kappa shape index (κ1) is 16.3. The van der Waals surface area contributed by atoms with Crippen LogP contribution in [0.5, 0.6) is 5.75 Å². The minimum Gasteiger partial charge on any atom is -0.476 e. The molecule has 2 heterocycles. The lowest BCUT2D eigenvalue weighted by Crippen LogP contribution is -2.50. The van der Waals surface area contributed by atoms with Gasteiger partial charge in [0.1, 0.15) is 23.7 Å². The van der Waals surface area contributed by atoms with Crippen molar-refractivity contribution in [3.05, 3.63) is 35.7 Å². The Bertz CT molecular complexity index is 669. The van der Waals surface area contributed by atoms with Crippen LogP contribution in [-0.4, -0.2) is 50.0 Å². The molecule has 0 bridgehead atoms. The zero-order valence-electron chi connectivity index (χ0n) is 12.8. The number of ether oxygens (including phenoxy) is 1. The third-order valence-corrected chi connectivity index (χ3v) is 5.12. The summed E-state index contributed by atoms with van der Waals surface area (Å²) in [5.74, 6) is 1.56. The predicted molar refractivity (Wildman–Crippen MR) is 86.3 cm³/mol. The van der Waals surface area contributed by atoms with Gasteiger partial charge in [-0.25, -0.2) is 0 Å². The van der Waals surface area contributed by atoms with Crippen molar-refractivity contribution in [2.45, 2.75) is 37.6 Å². The van der Waals surface area contributed by atoms with Gasteiger partial charge in [0.2, 0.25) is 0 Å². The molecule has 1 saturated heterocycles. The number of para-hydroxylation sites is 1. The van der Waals surface area contributed by atoms with Crippen LogP contribution in [0, 0.1) is 13.8 Å². The maximum atomic E-state index is 10.1. The molecule has 0 amide bonds. The normalized spacial score (nSPS) is 27.9. The van der Waals surface area contributed by atoms with Crippen LogP contribution in [0.25, 0.3) is 11.1 Å². The molecule has 2 aromatic rings. The van der Waals surface area contributed by atoms with Gasteiger partial charge < -0.3 is 24.6 Å². The summed E-state index contributed by atoms with van der Waals surface area (Å²) in [7, 11) is 0. The fraction of sp³-hybridized carbons (Fsp3) is 0.438. The van der Waals surface area contributed by atoms with Crippen molar-refractivity contribution >= 4 is 11.8 Å². The lowest BCUT2D eigenvalue weighted by Gasteiger charge is -2.34. The summed E-state index contributed by atoms with van der Waals surface area (Å²) in [4.78, 5) is 0. The number of hydrogen-bond acceptors (Lipinski definition) is 7. The zero-order chi connectivity index (χ0) is 16.6. The van der Waals surface area contributed by atoms with E-state index in [-0.39, 0.29) is 0 Å². The van der Waals surface area contributed by atoms with E-state index in [0.717, 1.165) is 16.8 Å². The number of aryl methyl sites for hydroxylation is 2. The van der Waals surface area contributed by atoms with Crippen LogP contribution in [0.4, 0.5) is 0 Å². The summed E-state index contributed by atoms with van der Waals surface area (Å²) in [6, 6.07) is 7.41. The fourth-order valence-electron chi connectivity index (χ4n) is 2.65. The third kappa shape index (κ3) is 3.10. The number of rotatable bonds is 3. The summed E-state index contributed by atoms with van der Waals surface area (Å²) in [5.41, 5.74) is 1.77. The number of aliphatic hydroxyl groups excluding tert-OH is 3. The van der Waals surface area contributed by atoms with Crippen molar-refractivity contribution in [1.29, 1.82) is 0 Å². The number of benzene rings is 1. The van der Waals surface area contributed by atoms with Gasteiger partial charge in [0.25, 0.3) is 0 Å². The van der Waals surface area contributed by atoms with Gasteiger partial charge in [0.05, 0.1) is 17.4 Å². The first-order valence-electron chi connectivity index (χ1n) is 7.33. The zero-order valence-corrected chi connectivity index (χ0v) is 13.7. The molecular formula is C16H19NO5S. The van der Waals surface area contributed by atoms with Gasteiger partial charge in [-0.05, 0) is 19.9 Å². The molecule has 1 aromatic heterocycles. The molecule has 7 heteroatoms. The second-order valence-corrected chi connectivity index (χ2v) is 6.69. The van der Waals surface area contributed by atoms with E-state index in [9.17, 15) is 15.3 Å². The standard InChI is InChI=1S/C16H19NO5S/c1-8-13(9(2)22-17-8)10-5-3-4-6-12(10)21-16-15(20)14(19)11(18)7-23-16/h3-6,11,14-16,18-20H,7H2,1-2H3/t11-,14+,15-,16+/m1/s1. The molecule has 1 aliphatic heterocycles. The average molecular weight is 337 g/mol. The van der Waals surface area contributed by atoms with E-state index in [2.05, 4.69) is 5.16 Å². The van der Waals surface area contributed by atoms with Crippen LogP contribution >= 0.6 is 11.8 Å². The van der Waals surface area contributed by atoms with Crippen LogP contribution in [0.3, 0.4) is 0 Å². The topological polar surface area (TPSA) is 96.0 Å². The van der Waals surface area contributed by atoms with Gasteiger partial charge in [-0.15, -0.1) is 11.8 Å². The molecule has 3 N–H and O–H groups in total. The van der Waals surface area contributed by atoms with Crippen molar-refractivity contribution in [1.82, 2.24) is 5.16 Å². The van der Waals surface area contributed by atoms with Gasteiger partial charge in [0.15, 0.2) is 5.44 Å². The van der Waals surface area contributed by atoms with Crippen molar-refractivity contribution in [3.63, 3.8) is 0 Å². The van der Waals surface area contributed by atoms with Crippen molar-refractivity contribution < 1.29 is 24.6 Å². The Balaban J connectivity index is 1.90. The Hall–Kier alpha value is -1.54. The molecule has 1 fully saturated rings. The number of aromatic nitrogens is 1. The highest BCUT2D eigenvalue weighted by Crippen LogP contribution is 2.37. The summed E-state index contributed by atoms with van der Waals surface area (Å²) in [6.07, 6.45) is -3.33. The molecular weight excluding hydrogens is 318 g/mol. The molecule has 4 atom stereocenters. The van der Waals surface area contributed by atoms with Crippen molar-refractivity contribution in [2.75, 3.05) is 5.75 Å². The highest BCUT2D eigenvalue weighted by Gasteiger charge is 2.38. The highest BCUT2D eigenvalue weighted by molar-refractivity contribution is 7.99. The van der Waals surface area contributed by atoms with Crippen molar-refractivity contribution in [3.8, 4) is 16.9 Å². The van der Waals surface area contributed by atoms with Crippen molar-refractivity contribution in [2.24, 2.45) is 0 Å². The number of thioether (sulfide) groups is 1. The largest absolute Gasteiger partial charge is 0.476 e. The number of hydrogen-bond donors (Lipinski definition) is 3. The first-order valence-corrected chi connectivity index (χ1v) is 8.38. The van der Waals surface area contributed by atoms with Gasteiger partial charge in [-0.2, -0.15) is 0 Å². The first-order chi connectivity index (χ1) is 11.0. The Labute approximate surface area is 138 Å².